The number of halogens is 2. The average molecular weight is 270 g/mol. The van der Waals surface area contributed by atoms with Crippen LogP contribution in [0.1, 0.15) is 38.2 Å². The second kappa shape index (κ2) is 6.03. The van der Waals surface area contributed by atoms with E-state index < -0.39 is 0 Å². The van der Waals surface area contributed by atoms with E-state index in [1.54, 1.807) is 6.07 Å². The maximum absolute atomic E-state index is 14.1. The molecular weight excluding hydrogens is 249 g/mol. The lowest BCUT2D eigenvalue weighted by Gasteiger charge is -2.34. The van der Waals surface area contributed by atoms with Crippen molar-refractivity contribution in [3.05, 3.63) is 34.6 Å². The number of hydrogen-bond donors (Lipinski definition) is 1. The zero-order valence-corrected chi connectivity index (χ0v) is 11.8. The van der Waals surface area contributed by atoms with Gasteiger partial charge in [0, 0.05) is 0 Å². The molecule has 1 aliphatic rings. The van der Waals surface area contributed by atoms with Crippen LogP contribution >= 0.6 is 11.6 Å². The van der Waals surface area contributed by atoms with Crippen molar-refractivity contribution in [3.63, 3.8) is 0 Å². The third kappa shape index (κ3) is 3.04. The third-order valence-corrected chi connectivity index (χ3v) is 4.05. The summed E-state index contributed by atoms with van der Waals surface area (Å²) in [6, 6.07) is 5.37. The van der Waals surface area contributed by atoms with Crippen LogP contribution < -0.4 is 5.32 Å². The first kappa shape index (κ1) is 13.8. The molecule has 0 aliphatic carbocycles. The van der Waals surface area contributed by atoms with Crippen LogP contribution in [0.5, 0.6) is 0 Å². The summed E-state index contributed by atoms with van der Waals surface area (Å²) in [4.78, 5) is 0. The van der Waals surface area contributed by atoms with E-state index in [9.17, 15) is 4.39 Å². The highest BCUT2D eigenvalue weighted by molar-refractivity contribution is 6.30. The molecule has 1 aromatic rings. The molecule has 0 bridgehead atoms. The molecule has 2 unspecified atom stereocenters. The van der Waals surface area contributed by atoms with Gasteiger partial charge in [0.25, 0.3) is 0 Å². The summed E-state index contributed by atoms with van der Waals surface area (Å²) in [6.45, 7) is 6.39. The predicted octanol–water partition coefficient (Wildman–Crippen LogP) is 4.22. The monoisotopic (exact) mass is 269 g/mol. The summed E-state index contributed by atoms with van der Waals surface area (Å²) < 4.78 is 14.1. The molecule has 0 saturated carbocycles. The number of nitrogens with one attached hydrogen (secondary N) is 1. The van der Waals surface area contributed by atoms with Gasteiger partial charge in [-0.15, -0.1) is 0 Å². The Morgan fingerprint density at radius 1 is 1.44 bits per heavy atom. The van der Waals surface area contributed by atoms with Crippen molar-refractivity contribution < 1.29 is 4.39 Å². The Balaban J connectivity index is 2.25. The second-order valence-electron chi connectivity index (χ2n) is 5.63. The van der Waals surface area contributed by atoms with Gasteiger partial charge < -0.3 is 5.32 Å². The Hall–Kier alpha value is -0.600. The Morgan fingerprint density at radius 3 is 2.94 bits per heavy atom. The van der Waals surface area contributed by atoms with Crippen LogP contribution in [0.2, 0.25) is 5.02 Å². The minimum absolute atomic E-state index is 0.222. The quantitative estimate of drug-likeness (QED) is 0.866. The third-order valence-electron chi connectivity index (χ3n) is 3.76. The van der Waals surface area contributed by atoms with Crippen LogP contribution in [0, 0.1) is 17.7 Å². The van der Waals surface area contributed by atoms with Crippen LogP contribution in [-0.2, 0) is 0 Å². The van der Waals surface area contributed by atoms with E-state index in [4.69, 9.17) is 11.6 Å². The molecule has 2 rings (SSSR count). The van der Waals surface area contributed by atoms with Gasteiger partial charge in [0.2, 0.25) is 0 Å². The molecule has 0 spiro atoms. The largest absolute Gasteiger partial charge is 0.316 e. The highest BCUT2D eigenvalue weighted by Gasteiger charge is 2.29. The van der Waals surface area contributed by atoms with Crippen LogP contribution in [0.15, 0.2) is 18.2 Å². The Kier molecular flexibility index (Phi) is 4.63. The molecular formula is C15H21ClFN. The lowest BCUT2D eigenvalue weighted by Crippen LogP contribution is -2.36. The van der Waals surface area contributed by atoms with E-state index >= 15 is 0 Å². The molecule has 2 atom stereocenters. The van der Waals surface area contributed by atoms with Crippen molar-refractivity contribution in [1.82, 2.24) is 5.32 Å². The van der Waals surface area contributed by atoms with Gasteiger partial charge in [-0.2, -0.15) is 0 Å². The zero-order valence-electron chi connectivity index (χ0n) is 11.0. The van der Waals surface area contributed by atoms with Gasteiger partial charge >= 0.3 is 0 Å². The number of rotatable bonds is 3. The first-order valence-corrected chi connectivity index (χ1v) is 7.12. The van der Waals surface area contributed by atoms with Crippen molar-refractivity contribution in [1.29, 1.82) is 0 Å². The van der Waals surface area contributed by atoms with Crippen molar-refractivity contribution in [3.8, 4) is 0 Å². The number of benzene rings is 1. The Labute approximate surface area is 114 Å². The van der Waals surface area contributed by atoms with Gasteiger partial charge in [0.15, 0.2) is 0 Å². The standard InChI is InChI=1S/C15H21ClFN/c1-10(2)8-11-9-18-7-6-12(11)13-4-3-5-14(16)15(13)17/h3-5,10-12,18H,6-9H2,1-2H3. The van der Waals surface area contributed by atoms with Crippen LogP contribution in [-0.4, -0.2) is 13.1 Å². The fourth-order valence-electron chi connectivity index (χ4n) is 2.99. The van der Waals surface area contributed by atoms with E-state index in [-0.39, 0.29) is 10.8 Å². The lowest BCUT2D eigenvalue weighted by molar-refractivity contribution is 0.275. The average Bonchev–Trinajstić information content (AvgIpc) is 2.33. The fourth-order valence-corrected chi connectivity index (χ4v) is 3.17. The van der Waals surface area contributed by atoms with Crippen molar-refractivity contribution >= 4 is 11.6 Å². The van der Waals surface area contributed by atoms with Gasteiger partial charge in [-0.05, 0) is 55.3 Å². The summed E-state index contributed by atoms with van der Waals surface area (Å²) in [7, 11) is 0. The van der Waals surface area contributed by atoms with Crippen molar-refractivity contribution in [2.24, 2.45) is 11.8 Å². The molecule has 3 heteroatoms. The van der Waals surface area contributed by atoms with Crippen LogP contribution in [0.4, 0.5) is 4.39 Å². The fraction of sp³-hybridized carbons (Fsp3) is 0.600. The van der Waals surface area contributed by atoms with E-state index in [2.05, 4.69) is 19.2 Å². The molecule has 1 nitrogen and oxygen atoms in total. The SMILES string of the molecule is CC(C)CC1CNCCC1c1cccc(Cl)c1F. The molecule has 1 aliphatic heterocycles. The summed E-state index contributed by atoms with van der Waals surface area (Å²) in [5, 5.41) is 3.66. The minimum Gasteiger partial charge on any atom is -0.316 e. The zero-order chi connectivity index (χ0) is 13.1. The second-order valence-corrected chi connectivity index (χ2v) is 6.04. The molecule has 1 saturated heterocycles. The molecule has 0 amide bonds. The summed E-state index contributed by atoms with van der Waals surface area (Å²) in [5.41, 5.74) is 0.801. The van der Waals surface area contributed by atoms with E-state index in [0.29, 0.717) is 17.8 Å². The van der Waals surface area contributed by atoms with Gasteiger partial charge in [-0.3, -0.25) is 0 Å². The Morgan fingerprint density at radius 2 is 2.22 bits per heavy atom. The van der Waals surface area contributed by atoms with E-state index in [1.165, 1.54) is 0 Å². The topological polar surface area (TPSA) is 12.0 Å². The lowest BCUT2D eigenvalue weighted by atomic mass is 9.77. The molecule has 0 radical (unpaired) electrons. The maximum atomic E-state index is 14.1. The predicted molar refractivity (Wildman–Crippen MR) is 74.6 cm³/mol. The molecule has 1 heterocycles. The maximum Gasteiger partial charge on any atom is 0.145 e. The van der Waals surface area contributed by atoms with E-state index in [0.717, 1.165) is 31.5 Å². The molecule has 18 heavy (non-hydrogen) atoms. The molecule has 0 aromatic heterocycles. The minimum atomic E-state index is -0.222. The number of piperidine rings is 1. The first-order valence-electron chi connectivity index (χ1n) is 6.74. The summed E-state index contributed by atoms with van der Waals surface area (Å²) in [6.07, 6.45) is 2.12. The normalized spacial score (nSPS) is 24.5. The van der Waals surface area contributed by atoms with Gasteiger partial charge in [0.1, 0.15) is 5.82 Å². The van der Waals surface area contributed by atoms with Crippen molar-refractivity contribution in [2.75, 3.05) is 13.1 Å². The summed E-state index contributed by atoms with van der Waals surface area (Å²) >= 11 is 5.90. The van der Waals surface area contributed by atoms with Gasteiger partial charge in [0.05, 0.1) is 5.02 Å². The molecule has 1 N–H and O–H groups in total. The highest BCUT2D eigenvalue weighted by atomic mass is 35.5. The number of hydrogen-bond acceptors (Lipinski definition) is 1. The summed E-state index contributed by atoms with van der Waals surface area (Å²) in [5.74, 6) is 1.22. The van der Waals surface area contributed by atoms with Gasteiger partial charge in [-0.1, -0.05) is 37.6 Å². The smallest absolute Gasteiger partial charge is 0.145 e. The highest BCUT2D eigenvalue weighted by Crippen LogP contribution is 2.36. The molecule has 100 valence electrons. The Bertz CT molecular complexity index is 405. The van der Waals surface area contributed by atoms with Gasteiger partial charge in [-0.25, -0.2) is 4.39 Å². The van der Waals surface area contributed by atoms with Crippen LogP contribution in [0.25, 0.3) is 0 Å². The molecule has 1 aromatic carbocycles. The van der Waals surface area contributed by atoms with Crippen LogP contribution in [0.3, 0.4) is 0 Å². The molecule has 1 fully saturated rings. The van der Waals surface area contributed by atoms with E-state index in [1.807, 2.05) is 12.1 Å². The first-order chi connectivity index (χ1) is 8.59. The van der Waals surface area contributed by atoms with Crippen molar-refractivity contribution in [2.45, 2.75) is 32.6 Å².